The molecule has 68 valence electrons. The second-order valence-electron chi connectivity index (χ2n) is 4.79. The quantitative estimate of drug-likeness (QED) is 0.446. The van der Waals surface area contributed by atoms with Gasteiger partial charge in [-0.15, -0.1) is 0 Å². The summed E-state index contributed by atoms with van der Waals surface area (Å²) in [4.78, 5) is 0. The van der Waals surface area contributed by atoms with Crippen LogP contribution in [0.25, 0.3) is 0 Å². The highest BCUT2D eigenvalue weighted by Crippen LogP contribution is 2.36. The molecule has 0 amide bonds. The van der Waals surface area contributed by atoms with Crippen molar-refractivity contribution < 1.29 is 0 Å². The lowest BCUT2D eigenvalue weighted by Gasteiger charge is -2.19. The van der Waals surface area contributed by atoms with Crippen LogP contribution in [0.2, 0.25) is 19.6 Å². The van der Waals surface area contributed by atoms with Gasteiger partial charge in [-0.3, -0.25) is 0 Å². The van der Waals surface area contributed by atoms with E-state index in [2.05, 4.69) is 33.1 Å². The second-order valence-corrected chi connectivity index (χ2v) is 9.89. The van der Waals surface area contributed by atoms with Gasteiger partial charge < -0.3 is 0 Å². The Morgan fingerprint density at radius 1 is 1.25 bits per heavy atom. The molecule has 1 heteroatoms. The van der Waals surface area contributed by atoms with Gasteiger partial charge in [-0.2, -0.15) is 0 Å². The molecule has 0 radical (unpaired) electrons. The Labute approximate surface area is 77.4 Å². The van der Waals surface area contributed by atoms with Gasteiger partial charge in [0.05, 0.1) is 8.07 Å². The topological polar surface area (TPSA) is 0 Å². The van der Waals surface area contributed by atoms with Gasteiger partial charge in [0.2, 0.25) is 0 Å². The highest BCUT2D eigenvalue weighted by atomic mass is 28.3. The highest BCUT2D eigenvalue weighted by Gasteiger charge is 2.27. The van der Waals surface area contributed by atoms with Crippen molar-refractivity contribution in [2.75, 3.05) is 0 Å². The van der Waals surface area contributed by atoms with Gasteiger partial charge in [-0.25, -0.2) is 0 Å². The van der Waals surface area contributed by atoms with Crippen molar-refractivity contribution >= 4 is 8.07 Å². The van der Waals surface area contributed by atoms with E-state index in [1.165, 1.54) is 24.8 Å². The Balaban J connectivity index is 2.93. The summed E-state index contributed by atoms with van der Waals surface area (Å²) in [6, 6.07) is 0. The third-order valence-electron chi connectivity index (χ3n) is 2.65. The van der Waals surface area contributed by atoms with Crippen molar-refractivity contribution in [2.45, 2.75) is 45.8 Å². The second kappa shape index (κ2) is 3.21. The van der Waals surface area contributed by atoms with E-state index in [9.17, 15) is 0 Å². The summed E-state index contributed by atoms with van der Waals surface area (Å²) in [6.07, 6.45) is 3.63. The van der Waals surface area contributed by atoms with E-state index in [1.54, 1.807) is 10.8 Å². The van der Waals surface area contributed by atoms with E-state index in [1.807, 2.05) is 0 Å². The summed E-state index contributed by atoms with van der Waals surface area (Å²) in [5.41, 5.74) is 3.13. The molecule has 0 N–H and O–H groups in total. The van der Waals surface area contributed by atoms with Crippen molar-refractivity contribution in [3.63, 3.8) is 0 Å². The fourth-order valence-electron chi connectivity index (χ4n) is 1.98. The van der Waals surface area contributed by atoms with Crippen LogP contribution in [0.3, 0.4) is 0 Å². The average molecular weight is 180 g/mol. The Bertz CT molecular complexity index is 228. The minimum atomic E-state index is -1.03. The normalized spacial score (nSPS) is 19.2. The molecule has 0 aromatic heterocycles. The number of rotatable bonds is 2. The molecule has 0 saturated heterocycles. The number of hydrogen-bond donors (Lipinski definition) is 0. The fourth-order valence-corrected chi connectivity index (χ4v) is 4.09. The molecule has 0 fully saturated rings. The molecule has 0 spiro atoms. The molecule has 0 saturated carbocycles. The molecule has 0 atom stereocenters. The smallest absolute Gasteiger partial charge is 0.0728 e. The fraction of sp³-hybridized carbons (Fsp3) is 0.636. The van der Waals surface area contributed by atoms with E-state index in [4.69, 9.17) is 0 Å². The molecular weight excluding hydrogens is 160 g/mol. The van der Waals surface area contributed by atoms with E-state index in [0.29, 0.717) is 0 Å². The van der Waals surface area contributed by atoms with Crippen LogP contribution in [0.15, 0.2) is 22.9 Å². The molecule has 0 unspecified atom stereocenters. The van der Waals surface area contributed by atoms with Crippen LogP contribution >= 0.6 is 0 Å². The monoisotopic (exact) mass is 180 g/mol. The van der Waals surface area contributed by atoms with E-state index < -0.39 is 8.07 Å². The molecule has 0 aromatic rings. The zero-order valence-electron chi connectivity index (χ0n) is 8.83. The minimum absolute atomic E-state index is 1.03. The van der Waals surface area contributed by atoms with Crippen LogP contribution in [0.4, 0.5) is 0 Å². The highest BCUT2D eigenvalue weighted by molar-refractivity contribution is 6.83. The first-order valence-corrected chi connectivity index (χ1v) is 8.33. The Kier molecular flexibility index (Phi) is 2.62. The van der Waals surface area contributed by atoms with Crippen LogP contribution in [0.1, 0.15) is 26.2 Å². The van der Waals surface area contributed by atoms with Crippen molar-refractivity contribution in [1.82, 2.24) is 0 Å². The van der Waals surface area contributed by atoms with E-state index >= 15 is 0 Å². The van der Waals surface area contributed by atoms with Gasteiger partial charge in [-0.05, 0) is 19.3 Å². The van der Waals surface area contributed by atoms with Crippen molar-refractivity contribution in [1.29, 1.82) is 0 Å². The number of allylic oxidation sites excluding steroid dienone is 3. The summed E-state index contributed by atoms with van der Waals surface area (Å²) in [7, 11) is -1.03. The molecule has 0 heterocycles. The molecule has 1 rings (SSSR count). The van der Waals surface area contributed by atoms with Crippen LogP contribution in [0, 0.1) is 0 Å². The largest absolute Gasteiger partial charge is 0.0992 e. The summed E-state index contributed by atoms with van der Waals surface area (Å²) in [5.74, 6) is 0. The maximum absolute atomic E-state index is 4.10. The van der Waals surface area contributed by atoms with Crippen molar-refractivity contribution in [2.24, 2.45) is 0 Å². The van der Waals surface area contributed by atoms with Gasteiger partial charge in [-0.1, -0.05) is 49.5 Å². The summed E-state index contributed by atoms with van der Waals surface area (Å²) in [6.45, 7) is 13.7. The third-order valence-corrected chi connectivity index (χ3v) is 4.99. The molecular formula is C11H20Si. The van der Waals surface area contributed by atoms with Crippen molar-refractivity contribution in [3.05, 3.63) is 22.9 Å². The SMILES string of the molecule is C=C1CC(CC)=C([Si](C)(C)C)C1. The van der Waals surface area contributed by atoms with Crippen LogP contribution in [0.5, 0.6) is 0 Å². The lowest BCUT2D eigenvalue weighted by Crippen LogP contribution is -2.23. The third kappa shape index (κ3) is 1.89. The van der Waals surface area contributed by atoms with Crippen molar-refractivity contribution in [3.8, 4) is 0 Å². The predicted octanol–water partition coefficient (Wildman–Crippen LogP) is 3.92. The summed E-state index contributed by atoms with van der Waals surface area (Å²) >= 11 is 0. The molecule has 0 nitrogen and oxygen atoms in total. The average Bonchev–Trinajstić information content (AvgIpc) is 2.29. The Hall–Kier alpha value is -0.303. The van der Waals surface area contributed by atoms with Gasteiger partial charge >= 0.3 is 0 Å². The minimum Gasteiger partial charge on any atom is -0.0992 e. The first kappa shape index (κ1) is 9.78. The molecule has 12 heavy (non-hydrogen) atoms. The Morgan fingerprint density at radius 2 is 1.83 bits per heavy atom. The Morgan fingerprint density at radius 3 is 2.17 bits per heavy atom. The maximum Gasteiger partial charge on any atom is 0.0728 e. The first-order chi connectivity index (χ1) is 5.45. The zero-order chi connectivity index (χ0) is 9.35. The standard InChI is InChI=1S/C11H20Si/c1-6-10-7-9(2)8-11(10)12(3,4)5/h2,6-8H2,1,3-5H3. The van der Waals surface area contributed by atoms with Gasteiger partial charge in [0.15, 0.2) is 0 Å². The molecule has 1 aliphatic rings. The maximum atomic E-state index is 4.10. The first-order valence-electron chi connectivity index (χ1n) is 4.83. The zero-order valence-corrected chi connectivity index (χ0v) is 9.83. The summed E-state index contributed by atoms with van der Waals surface area (Å²) in [5, 5.41) is 1.77. The van der Waals surface area contributed by atoms with Crippen LogP contribution in [-0.4, -0.2) is 8.07 Å². The van der Waals surface area contributed by atoms with E-state index in [0.717, 1.165) is 0 Å². The lowest BCUT2D eigenvalue weighted by atomic mass is 10.1. The molecule has 0 aromatic carbocycles. The van der Waals surface area contributed by atoms with Gasteiger partial charge in [0.1, 0.15) is 0 Å². The van der Waals surface area contributed by atoms with Gasteiger partial charge in [0.25, 0.3) is 0 Å². The lowest BCUT2D eigenvalue weighted by molar-refractivity contribution is 1.03. The number of hydrogen-bond acceptors (Lipinski definition) is 0. The molecule has 1 aliphatic carbocycles. The van der Waals surface area contributed by atoms with E-state index in [-0.39, 0.29) is 0 Å². The van der Waals surface area contributed by atoms with Gasteiger partial charge in [0, 0.05) is 0 Å². The summed E-state index contributed by atoms with van der Waals surface area (Å²) < 4.78 is 0. The molecule has 0 bridgehead atoms. The van der Waals surface area contributed by atoms with Crippen LogP contribution in [-0.2, 0) is 0 Å². The predicted molar refractivity (Wildman–Crippen MR) is 59.0 cm³/mol. The molecule has 0 aliphatic heterocycles. The van der Waals surface area contributed by atoms with Crippen LogP contribution < -0.4 is 0 Å².